The van der Waals surface area contributed by atoms with Crippen LogP contribution in [0, 0.1) is 5.82 Å². The van der Waals surface area contributed by atoms with Gasteiger partial charge < -0.3 is 4.74 Å². The molecule has 5 rings (SSSR count). The van der Waals surface area contributed by atoms with Crippen molar-refractivity contribution >= 4 is 40.2 Å². The quantitative estimate of drug-likeness (QED) is 0.465. The highest BCUT2D eigenvalue weighted by atomic mass is 19.1. The van der Waals surface area contributed by atoms with E-state index in [2.05, 4.69) is 5.32 Å². The van der Waals surface area contributed by atoms with Crippen molar-refractivity contribution in [1.82, 2.24) is 5.32 Å². The Labute approximate surface area is 194 Å². The van der Waals surface area contributed by atoms with Gasteiger partial charge in [0.15, 0.2) is 0 Å². The number of nitrogens with zero attached hydrogens (tertiary/aromatic N) is 1. The molecular weight excluding hydrogens is 439 g/mol. The van der Waals surface area contributed by atoms with Gasteiger partial charge >= 0.3 is 5.97 Å². The van der Waals surface area contributed by atoms with Crippen LogP contribution in [0.5, 0.6) is 0 Å². The van der Waals surface area contributed by atoms with Gasteiger partial charge in [-0.25, -0.2) is 9.18 Å². The molecule has 34 heavy (non-hydrogen) atoms. The number of hydrogen-bond acceptors (Lipinski definition) is 5. The Morgan fingerprint density at radius 3 is 2.74 bits per heavy atom. The van der Waals surface area contributed by atoms with Crippen LogP contribution in [0.3, 0.4) is 0 Å². The van der Waals surface area contributed by atoms with Gasteiger partial charge in [-0.15, -0.1) is 0 Å². The van der Waals surface area contributed by atoms with Crippen molar-refractivity contribution < 1.29 is 28.3 Å². The maximum absolute atomic E-state index is 14.2. The molecule has 1 atom stereocenters. The van der Waals surface area contributed by atoms with Gasteiger partial charge in [0.1, 0.15) is 11.9 Å². The topological polar surface area (TPSA) is 92.8 Å². The first kappa shape index (κ1) is 21.8. The van der Waals surface area contributed by atoms with Crippen LogP contribution < -0.4 is 10.2 Å². The molecule has 0 bridgehead atoms. The largest absolute Gasteiger partial charge is 0.462 e. The van der Waals surface area contributed by atoms with Gasteiger partial charge in [-0.3, -0.25) is 24.6 Å². The van der Waals surface area contributed by atoms with Gasteiger partial charge in [0.05, 0.1) is 17.9 Å². The molecule has 3 aromatic carbocycles. The van der Waals surface area contributed by atoms with Crippen LogP contribution in [0.15, 0.2) is 48.5 Å². The van der Waals surface area contributed by atoms with E-state index < -0.39 is 23.7 Å². The first-order chi connectivity index (χ1) is 16.4. The summed E-state index contributed by atoms with van der Waals surface area (Å²) in [6.45, 7) is 1.81. The van der Waals surface area contributed by atoms with Gasteiger partial charge in [-0.1, -0.05) is 24.3 Å². The van der Waals surface area contributed by atoms with Crippen molar-refractivity contribution in [3.05, 3.63) is 76.6 Å². The number of rotatable bonds is 5. The lowest BCUT2D eigenvalue weighted by Crippen LogP contribution is -2.53. The van der Waals surface area contributed by atoms with E-state index in [-0.39, 0.29) is 36.8 Å². The minimum Gasteiger partial charge on any atom is -0.462 e. The summed E-state index contributed by atoms with van der Waals surface area (Å²) in [5.74, 6) is -2.46. The number of halogens is 1. The fraction of sp³-hybridized carbons (Fsp3) is 0.231. The first-order valence-electron chi connectivity index (χ1n) is 11.1. The second kappa shape index (κ2) is 8.37. The van der Waals surface area contributed by atoms with E-state index in [1.54, 1.807) is 25.1 Å². The maximum atomic E-state index is 14.2. The van der Waals surface area contributed by atoms with Gasteiger partial charge in [0, 0.05) is 17.4 Å². The summed E-state index contributed by atoms with van der Waals surface area (Å²) in [7, 11) is 0. The molecule has 3 aromatic rings. The molecule has 1 N–H and O–H groups in total. The Morgan fingerprint density at radius 2 is 1.97 bits per heavy atom. The third-order valence-electron chi connectivity index (χ3n) is 6.26. The molecule has 0 aromatic heterocycles. The third kappa shape index (κ3) is 3.51. The van der Waals surface area contributed by atoms with Gasteiger partial charge in [-0.2, -0.15) is 0 Å². The van der Waals surface area contributed by atoms with Crippen LogP contribution in [-0.2, 0) is 20.7 Å². The number of ether oxygens (including phenoxy) is 1. The summed E-state index contributed by atoms with van der Waals surface area (Å²) in [4.78, 5) is 50.9. The normalized spacial score (nSPS) is 17.3. The molecule has 0 aliphatic carbocycles. The summed E-state index contributed by atoms with van der Waals surface area (Å²) in [5.41, 5.74) is 2.60. The molecule has 0 saturated carbocycles. The third-order valence-corrected chi connectivity index (χ3v) is 6.26. The summed E-state index contributed by atoms with van der Waals surface area (Å²) in [6.07, 6.45) is 0.838. The van der Waals surface area contributed by atoms with Crippen molar-refractivity contribution in [3.63, 3.8) is 0 Å². The molecule has 2 heterocycles. The number of amides is 3. The van der Waals surface area contributed by atoms with Gasteiger partial charge in [-0.05, 0) is 60.5 Å². The maximum Gasteiger partial charge on any atom is 0.341 e. The molecular formula is C26H21FN2O5. The molecule has 2 aliphatic heterocycles. The first-order valence-corrected chi connectivity index (χ1v) is 11.1. The summed E-state index contributed by atoms with van der Waals surface area (Å²) < 4.78 is 19.1. The fourth-order valence-corrected chi connectivity index (χ4v) is 4.73. The van der Waals surface area contributed by atoms with E-state index in [1.807, 2.05) is 18.2 Å². The van der Waals surface area contributed by atoms with Crippen LogP contribution >= 0.6 is 0 Å². The van der Waals surface area contributed by atoms with Crippen LogP contribution in [0.25, 0.3) is 10.8 Å². The van der Waals surface area contributed by atoms with Crippen LogP contribution in [0.2, 0.25) is 0 Å². The minimum atomic E-state index is -0.754. The number of hydrogen-bond donors (Lipinski definition) is 1. The van der Waals surface area contributed by atoms with Crippen molar-refractivity contribution in [2.75, 3.05) is 11.5 Å². The Bertz CT molecular complexity index is 1380. The van der Waals surface area contributed by atoms with Crippen molar-refractivity contribution in [1.29, 1.82) is 0 Å². The number of carbonyl (C=O) groups is 4. The van der Waals surface area contributed by atoms with Crippen molar-refractivity contribution in [2.24, 2.45) is 0 Å². The summed E-state index contributed by atoms with van der Waals surface area (Å²) in [5, 5.41) is 3.89. The van der Waals surface area contributed by atoms with E-state index in [0.717, 1.165) is 21.9 Å². The average Bonchev–Trinajstić information content (AvgIpc) is 3.10. The molecule has 0 spiro atoms. The highest BCUT2D eigenvalue weighted by Crippen LogP contribution is 2.41. The zero-order valence-electron chi connectivity index (χ0n) is 18.4. The highest BCUT2D eigenvalue weighted by Gasteiger charge is 2.40. The Morgan fingerprint density at radius 1 is 1.15 bits per heavy atom. The average molecular weight is 460 g/mol. The molecule has 1 unspecified atom stereocenters. The molecule has 8 heteroatoms. The summed E-state index contributed by atoms with van der Waals surface area (Å²) in [6, 6.07) is 12.7. The van der Waals surface area contributed by atoms with Crippen LogP contribution in [0.4, 0.5) is 10.1 Å². The van der Waals surface area contributed by atoms with E-state index in [9.17, 15) is 23.6 Å². The number of carbonyl (C=O) groups excluding carboxylic acids is 4. The standard InChI is InChI=1S/C26H21FN2O5/c1-2-34-26(33)18-13-14(6-9-19(18)27)12-15-7-8-17-23-16(15)4-3-5-20(23)29(25(17)32)21-10-11-22(30)28-24(21)31/h3-9,13,21H,2,10-12H2,1H3,(H,28,30,31). The monoisotopic (exact) mass is 460 g/mol. The SMILES string of the molecule is CCOC(=O)c1cc(Cc2ccc3c4c(cccc24)N(C2CCC(=O)NC2=O)C3=O)ccc1F. The summed E-state index contributed by atoms with van der Waals surface area (Å²) >= 11 is 0. The zero-order valence-corrected chi connectivity index (χ0v) is 18.4. The van der Waals surface area contributed by atoms with E-state index in [1.165, 1.54) is 17.0 Å². The van der Waals surface area contributed by atoms with Gasteiger partial charge in [0.25, 0.3) is 5.91 Å². The Hall–Kier alpha value is -4.07. The molecule has 3 amide bonds. The second-order valence-corrected chi connectivity index (χ2v) is 8.33. The lowest BCUT2D eigenvalue weighted by atomic mass is 9.95. The molecule has 172 valence electrons. The van der Waals surface area contributed by atoms with E-state index in [0.29, 0.717) is 17.7 Å². The minimum absolute atomic E-state index is 0.121. The van der Waals surface area contributed by atoms with Crippen molar-refractivity contribution in [2.45, 2.75) is 32.2 Å². The Balaban J connectivity index is 1.54. The molecule has 2 aliphatic rings. The Kier molecular flexibility index (Phi) is 5.36. The lowest BCUT2D eigenvalue weighted by Gasteiger charge is -2.30. The van der Waals surface area contributed by atoms with E-state index >= 15 is 0 Å². The van der Waals surface area contributed by atoms with Gasteiger partial charge in [0.2, 0.25) is 11.8 Å². The second-order valence-electron chi connectivity index (χ2n) is 8.33. The fourth-order valence-electron chi connectivity index (χ4n) is 4.73. The molecule has 1 fully saturated rings. The van der Waals surface area contributed by atoms with Crippen molar-refractivity contribution in [3.8, 4) is 0 Å². The number of anilines is 1. The number of piperidine rings is 1. The smallest absolute Gasteiger partial charge is 0.341 e. The van der Waals surface area contributed by atoms with Crippen LogP contribution in [0.1, 0.15) is 51.6 Å². The molecule has 1 saturated heterocycles. The lowest BCUT2D eigenvalue weighted by molar-refractivity contribution is -0.134. The number of esters is 1. The van der Waals surface area contributed by atoms with E-state index in [4.69, 9.17) is 4.74 Å². The number of nitrogens with one attached hydrogen (secondary N) is 1. The number of imide groups is 1. The molecule has 7 nitrogen and oxygen atoms in total. The molecule has 0 radical (unpaired) electrons. The highest BCUT2D eigenvalue weighted by molar-refractivity contribution is 6.27. The predicted molar refractivity (Wildman–Crippen MR) is 122 cm³/mol. The van der Waals surface area contributed by atoms with Crippen LogP contribution in [-0.4, -0.2) is 36.3 Å². The number of benzene rings is 3. The zero-order chi connectivity index (χ0) is 24.0. The predicted octanol–water partition coefficient (Wildman–Crippen LogP) is 3.51.